The Morgan fingerprint density at radius 1 is 1.03 bits per heavy atom. The average molecular weight is 462 g/mol. The van der Waals surface area contributed by atoms with Gasteiger partial charge >= 0.3 is 6.03 Å². The molecular formula is C22H28BrN3O3. The molecule has 2 rings (SSSR count). The van der Waals surface area contributed by atoms with Crippen molar-refractivity contribution < 1.29 is 14.3 Å². The van der Waals surface area contributed by atoms with Crippen molar-refractivity contribution in [2.75, 3.05) is 11.9 Å². The highest BCUT2D eigenvalue weighted by Gasteiger charge is 2.11. The van der Waals surface area contributed by atoms with E-state index in [1.165, 1.54) is 0 Å². The van der Waals surface area contributed by atoms with E-state index in [1.807, 2.05) is 70.2 Å². The standard InChI is InChI=1S/C22H28BrN3O3/c1-15-10-18(23)8-9-19(15)26-20(27)13-25-21(28)24-12-16-6-5-7-17(11-16)14-29-22(2,3)4/h5-11H,12-14H2,1-4H3,(H,26,27)(H2,24,25,28). The maximum atomic E-state index is 12.0. The molecule has 0 aliphatic heterocycles. The molecule has 3 N–H and O–H groups in total. The van der Waals surface area contributed by atoms with Crippen LogP contribution in [0.25, 0.3) is 0 Å². The Kier molecular flexibility index (Phi) is 8.22. The van der Waals surface area contributed by atoms with E-state index in [1.54, 1.807) is 0 Å². The maximum Gasteiger partial charge on any atom is 0.315 e. The van der Waals surface area contributed by atoms with Crippen LogP contribution in [0.15, 0.2) is 46.9 Å². The van der Waals surface area contributed by atoms with Crippen LogP contribution in [-0.4, -0.2) is 24.1 Å². The van der Waals surface area contributed by atoms with Gasteiger partial charge < -0.3 is 20.7 Å². The minimum atomic E-state index is -0.399. The summed E-state index contributed by atoms with van der Waals surface area (Å²) in [5.74, 6) is -0.285. The summed E-state index contributed by atoms with van der Waals surface area (Å²) in [7, 11) is 0. The summed E-state index contributed by atoms with van der Waals surface area (Å²) in [6, 6.07) is 13.0. The fourth-order valence-electron chi connectivity index (χ4n) is 2.50. The van der Waals surface area contributed by atoms with Crippen LogP contribution in [0, 0.1) is 6.92 Å². The van der Waals surface area contributed by atoms with Crippen molar-refractivity contribution in [3.05, 3.63) is 63.6 Å². The van der Waals surface area contributed by atoms with Crippen molar-refractivity contribution in [3.8, 4) is 0 Å². The summed E-state index contributed by atoms with van der Waals surface area (Å²) < 4.78 is 6.72. The lowest BCUT2D eigenvalue weighted by Crippen LogP contribution is -2.39. The van der Waals surface area contributed by atoms with Gasteiger partial charge in [0, 0.05) is 16.7 Å². The molecule has 0 aliphatic carbocycles. The van der Waals surface area contributed by atoms with E-state index in [0.717, 1.165) is 26.9 Å². The van der Waals surface area contributed by atoms with Crippen LogP contribution in [0.1, 0.15) is 37.5 Å². The highest BCUT2D eigenvalue weighted by Crippen LogP contribution is 2.19. The molecule has 0 saturated carbocycles. The third kappa shape index (κ3) is 8.66. The Morgan fingerprint density at radius 3 is 2.45 bits per heavy atom. The van der Waals surface area contributed by atoms with E-state index in [2.05, 4.69) is 31.9 Å². The molecule has 0 spiro atoms. The monoisotopic (exact) mass is 461 g/mol. The van der Waals surface area contributed by atoms with Gasteiger partial charge in [-0.1, -0.05) is 40.2 Å². The molecule has 0 saturated heterocycles. The molecule has 2 aromatic carbocycles. The number of amides is 3. The minimum absolute atomic E-state index is 0.110. The second kappa shape index (κ2) is 10.4. The zero-order chi connectivity index (χ0) is 21.4. The Labute approximate surface area is 180 Å². The number of halogens is 1. The maximum absolute atomic E-state index is 12.0. The van der Waals surface area contributed by atoms with Gasteiger partial charge in [0.05, 0.1) is 18.8 Å². The zero-order valence-corrected chi connectivity index (χ0v) is 18.9. The van der Waals surface area contributed by atoms with Gasteiger partial charge in [-0.15, -0.1) is 0 Å². The lowest BCUT2D eigenvalue weighted by Gasteiger charge is -2.19. The van der Waals surface area contributed by atoms with Gasteiger partial charge in [0.15, 0.2) is 0 Å². The zero-order valence-electron chi connectivity index (χ0n) is 17.3. The lowest BCUT2D eigenvalue weighted by atomic mass is 10.1. The van der Waals surface area contributed by atoms with Crippen molar-refractivity contribution in [2.45, 2.75) is 46.4 Å². The first-order valence-corrected chi connectivity index (χ1v) is 10.2. The number of hydrogen-bond acceptors (Lipinski definition) is 3. The topological polar surface area (TPSA) is 79.5 Å². The van der Waals surface area contributed by atoms with E-state index < -0.39 is 6.03 Å². The normalized spacial score (nSPS) is 11.1. The molecule has 29 heavy (non-hydrogen) atoms. The minimum Gasteiger partial charge on any atom is -0.371 e. The molecule has 2 aromatic rings. The Balaban J connectivity index is 1.76. The Morgan fingerprint density at radius 2 is 1.76 bits per heavy atom. The molecule has 0 fully saturated rings. The summed E-state index contributed by atoms with van der Waals surface area (Å²) in [4.78, 5) is 24.0. The molecule has 156 valence electrons. The number of aryl methyl sites for hydroxylation is 1. The van der Waals surface area contributed by atoms with Crippen LogP contribution >= 0.6 is 15.9 Å². The first kappa shape index (κ1) is 22.9. The van der Waals surface area contributed by atoms with E-state index in [-0.39, 0.29) is 18.1 Å². The first-order chi connectivity index (χ1) is 13.6. The Hall–Kier alpha value is -2.38. The molecule has 0 radical (unpaired) electrons. The molecule has 7 heteroatoms. The van der Waals surface area contributed by atoms with Gasteiger partial charge in [-0.2, -0.15) is 0 Å². The number of benzene rings is 2. The molecule has 0 bridgehead atoms. The van der Waals surface area contributed by atoms with Gasteiger partial charge in [-0.05, 0) is 62.6 Å². The van der Waals surface area contributed by atoms with Crippen LogP contribution in [0.4, 0.5) is 10.5 Å². The highest BCUT2D eigenvalue weighted by molar-refractivity contribution is 9.10. The van der Waals surface area contributed by atoms with Crippen molar-refractivity contribution >= 4 is 33.6 Å². The largest absolute Gasteiger partial charge is 0.371 e. The van der Waals surface area contributed by atoms with Crippen LogP contribution in [-0.2, 0) is 22.7 Å². The number of carbonyl (C=O) groups excluding carboxylic acids is 2. The summed E-state index contributed by atoms with van der Waals surface area (Å²) in [5.41, 5.74) is 3.46. The van der Waals surface area contributed by atoms with E-state index >= 15 is 0 Å². The summed E-state index contributed by atoms with van der Waals surface area (Å²) in [5, 5.41) is 8.11. The molecule has 6 nitrogen and oxygen atoms in total. The van der Waals surface area contributed by atoms with Crippen molar-refractivity contribution in [1.82, 2.24) is 10.6 Å². The number of urea groups is 1. The molecule has 0 unspecified atom stereocenters. The fourth-order valence-corrected chi connectivity index (χ4v) is 2.97. The second-order valence-electron chi connectivity index (χ2n) is 7.76. The molecule has 0 aliphatic rings. The summed E-state index contributed by atoms with van der Waals surface area (Å²) in [6.45, 7) is 8.70. The van der Waals surface area contributed by atoms with Crippen LogP contribution in [0.2, 0.25) is 0 Å². The summed E-state index contributed by atoms with van der Waals surface area (Å²) in [6.07, 6.45) is 0. The van der Waals surface area contributed by atoms with Crippen molar-refractivity contribution in [2.24, 2.45) is 0 Å². The molecule has 0 heterocycles. The number of carbonyl (C=O) groups is 2. The SMILES string of the molecule is Cc1cc(Br)ccc1NC(=O)CNC(=O)NCc1cccc(COC(C)(C)C)c1. The third-order valence-electron chi connectivity index (χ3n) is 3.99. The Bertz CT molecular complexity index is 863. The molecule has 0 atom stereocenters. The number of ether oxygens (including phenoxy) is 1. The van der Waals surface area contributed by atoms with Gasteiger partial charge in [0.2, 0.25) is 5.91 Å². The number of rotatable bonds is 7. The van der Waals surface area contributed by atoms with Crippen LogP contribution < -0.4 is 16.0 Å². The highest BCUT2D eigenvalue weighted by atomic mass is 79.9. The lowest BCUT2D eigenvalue weighted by molar-refractivity contribution is -0.115. The van der Waals surface area contributed by atoms with E-state index in [0.29, 0.717) is 13.2 Å². The van der Waals surface area contributed by atoms with Gasteiger partial charge in [-0.25, -0.2) is 4.79 Å². The number of anilines is 1. The van der Waals surface area contributed by atoms with Crippen LogP contribution in [0.3, 0.4) is 0 Å². The average Bonchev–Trinajstić information content (AvgIpc) is 2.65. The van der Waals surface area contributed by atoms with Gasteiger partial charge in [0.1, 0.15) is 0 Å². The van der Waals surface area contributed by atoms with Crippen LogP contribution in [0.5, 0.6) is 0 Å². The summed E-state index contributed by atoms with van der Waals surface area (Å²) >= 11 is 3.39. The second-order valence-corrected chi connectivity index (χ2v) is 8.68. The quantitative estimate of drug-likeness (QED) is 0.567. The van der Waals surface area contributed by atoms with E-state index in [4.69, 9.17) is 4.74 Å². The number of hydrogen-bond donors (Lipinski definition) is 3. The van der Waals surface area contributed by atoms with Gasteiger partial charge in [0.25, 0.3) is 0 Å². The third-order valence-corrected chi connectivity index (χ3v) is 4.48. The van der Waals surface area contributed by atoms with Gasteiger partial charge in [-0.3, -0.25) is 4.79 Å². The molecule has 0 aromatic heterocycles. The predicted octanol–water partition coefficient (Wildman–Crippen LogP) is 4.51. The van der Waals surface area contributed by atoms with Crippen molar-refractivity contribution in [3.63, 3.8) is 0 Å². The first-order valence-electron chi connectivity index (χ1n) is 9.42. The predicted molar refractivity (Wildman–Crippen MR) is 119 cm³/mol. The number of nitrogens with one attached hydrogen (secondary N) is 3. The van der Waals surface area contributed by atoms with Crippen molar-refractivity contribution in [1.29, 1.82) is 0 Å². The smallest absolute Gasteiger partial charge is 0.315 e. The van der Waals surface area contributed by atoms with E-state index in [9.17, 15) is 9.59 Å². The molecule has 3 amide bonds. The fraction of sp³-hybridized carbons (Fsp3) is 0.364. The molecular weight excluding hydrogens is 434 g/mol.